The van der Waals surface area contributed by atoms with E-state index in [1.165, 1.54) is 19.3 Å². The average Bonchev–Trinajstić information content (AvgIpc) is 3.08. The van der Waals surface area contributed by atoms with Crippen molar-refractivity contribution in [2.24, 2.45) is 0 Å². The smallest absolute Gasteiger partial charge is 0.333 e. The van der Waals surface area contributed by atoms with E-state index in [1.807, 2.05) is 0 Å². The fourth-order valence-electron chi connectivity index (χ4n) is 4.07. The second-order valence-electron chi connectivity index (χ2n) is 7.63. The highest BCUT2D eigenvalue weighted by Crippen LogP contribution is 2.41. The first kappa shape index (κ1) is 19.3. The third kappa shape index (κ3) is 2.99. The van der Waals surface area contributed by atoms with Gasteiger partial charge < -0.3 is 14.3 Å². The molecule has 1 aromatic rings. The fourth-order valence-corrected chi connectivity index (χ4v) is 4.07. The van der Waals surface area contributed by atoms with Gasteiger partial charge in [-0.05, 0) is 33.9 Å². The molecule has 3 heterocycles. The van der Waals surface area contributed by atoms with Gasteiger partial charge in [-0.1, -0.05) is 47.3 Å². The Hall–Kier alpha value is -1.01. The number of aromatic nitrogens is 3. The summed E-state index contributed by atoms with van der Waals surface area (Å²) in [5.41, 5.74) is -0.0695. The Balaban J connectivity index is 0.000000647. The summed E-state index contributed by atoms with van der Waals surface area (Å²) in [6.45, 7) is 17.5. The average molecular weight is 332 g/mol. The largest absolute Gasteiger partial charge is 0.354 e. The van der Waals surface area contributed by atoms with E-state index in [0.717, 1.165) is 12.5 Å². The quantitative estimate of drug-likeness (QED) is 0.796. The number of fused-ring (bicyclic) bond motifs is 3. The molecule has 24 heavy (non-hydrogen) atoms. The molecular formula is C16H34B2N6. The van der Waals surface area contributed by atoms with Crippen molar-refractivity contribution in [1.82, 2.24) is 24.3 Å². The molecule has 0 bridgehead atoms. The van der Waals surface area contributed by atoms with E-state index in [9.17, 15) is 0 Å². The molecule has 0 saturated carbocycles. The fraction of sp³-hybridized carbons (Fsp3) is 0.875. The topological polar surface area (TPSA) is 40.4 Å². The number of hydrogen-bond acceptors (Lipinski definition) is 5. The molecule has 8 heteroatoms. The molecule has 2 aliphatic heterocycles. The molecule has 0 amide bonds. The standard InChI is InChI=1S/C13H26B2N6.C3H8/c1-7-8-9-19-14(4)18(6)11-13(2,3)21-12(16-10-17-21)20(11)15(19)5;1-3-2/h10-11H,7-9H2,1-6H3;3H2,1-2H3. The summed E-state index contributed by atoms with van der Waals surface area (Å²) in [4.78, 5) is 9.42. The van der Waals surface area contributed by atoms with Gasteiger partial charge in [0.2, 0.25) is 5.95 Å². The number of likely N-dealkylation sites (N-methyl/N-ethyl adjacent to an activating group) is 1. The summed E-state index contributed by atoms with van der Waals surface area (Å²) < 4.78 is 4.65. The number of rotatable bonds is 3. The van der Waals surface area contributed by atoms with Crippen LogP contribution in [0, 0.1) is 0 Å². The molecule has 0 aliphatic carbocycles. The summed E-state index contributed by atoms with van der Waals surface area (Å²) >= 11 is 0. The predicted octanol–water partition coefficient (Wildman–Crippen LogP) is 2.86. The van der Waals surface area contributed by atoms with Gasteiger partial charge in [0.25, 0.3) is 6.98 Å². The van der Waals surface area contributed by atoms with E-state index in [1.54, 1.807) is 6.33 Å². The zero-order valence-electron chi connectivity index (χ0n) is 16.8. The van der Waals surface area contributed by atoms with Gasteiger partial charge in [0, 0.05) is 0 Å². The summed E-state index contributed by atoms with van der Waals surface area (Å²) in [5, 5.41) is 4.47. The molecule has 1 saturated heterocycles. The minimum Gasteiger partial charge on any atom is -0.354 e. The normalized spacial score (nSPS) is 23.0. The first-order valence-electron chi connectivity index (χ1n) is 9.49. The molecule has 1 unspecified atom stereocenters. The lowest BCUT2D eigenvalue weighted by atomic mass is 9.56. The highest BCUT2D eigenvalue weighted by molar-refractivity contribution is 6.73. The van der Waals surface area contributed by atoms with Gasteiger partial charge in [0.1, 0.15) is 6.33 Å². The van der Waals surface area contributed by atoms with Crippen LogP contribution in [0.5, 0.6) is 0 Å². The monoisotopic (exact) mass is 332 g/mol. The third-order valence-corrected chi connectivity index (χ3v) is 5.31. The van der Waals surface area contributed by atoms with Gasteiger partial charge in [0.05, 0.1) is 11.7 Å². The van der Waals surface area contributed by atoms with Gasteiger partial charge in [-0.2, -0.15) is 5.10 Å². The molecule has 0 N–H and O–H groups in total. The van der Waals surface area contributed by atoms with E-state index in [2.05, 4.69) is 84.4 Å². The first-order chi connectivity index (χ1) is 11.3. The molecule has 3 rings (SSSR count). The van der Waals surface area contributed by atoms with Crippen molar-refractivity contribution in [3.8, 4) is 0 Å². The summed E-state index contributed by atoms with van der Waals surface area (Å²) in [6.07, 6.45) is 5.69. The Morgan fingerprint density at radius 2 is 1.79 bits per heavy atom. The molecule has 6 nitrogen and oxygen atoms in total. The van der Waals surface area contributed by atoms with Gasteiger partial charge in [0.15, 0.2) is 0 Å². The van der Waals surface area contributed by atoms with Crippen molar-refractivity contribution in [3.05, 3.63) is 6.33 Å². The molecule has 1 atom stereocenters. The Labute approximate surface area is 148 Å². The molecule has 134 valence electrons. The van der Waals surface area contributed by atoms with E-state index in [-0.39, 0.29) is 5.54 Å². The maximum Gasteiger partial charge on any atom is 0.333 e. The SMILES string of the molecule is CCC.CCCCN1B(C)N(C)C2N(B1C)c1ncnn1C2(C)C. The lowest BCUT2D eigenvalue weighted by Crippen LogP contribution is -2.75. The minimum absolute atomic E-state index is 0.0695. The maximum absolute atomic E-state index is 4.53. The number of anilines is 1. The highest BCUT2D eigenvalue weighted by Gasteiger charge is 2.57. The lowest BCUT2D eigenvalue weighted by molar-refractivity contribution is 0.190. The molecule has 1 aromatic heterocycles. The zero-order chi connectivity index (χ0) is 18.1. The minimum atomic E-state index is -0.0695. The zero-order valence-corrected chi connectivity index (χ0v) is 16.8. The molecule has 1 fully saturated rings. The first-order valence-corrected chi connectivity index (χ1v) is 9.49. The van der Waals surface area contributed by atoms with Crippen LogP contribution in [0.3, 0.4) is 0 Å². The predicted molar refractivity (Wildman–Crippen MR) is 104 cm³/mol. The Bertz CT molecular complexity index is 534. The van der Waals surface area contributed by atoms with Crippen molar-refractivity contribution < 1.29 is 0 Å². The number of hydrogen-bond donors (Lipinski definition) is 0. The summed E-state index contributed by atoms with van der Waals surface area (Å²) in [7, 11) is 2.22. The van der Waals surface area contributed by atoms with Crippen LogP contribution in [0.2, 0.25) is 13.6 Å². The van der Waals surface area contributed by atoms with E-state index in [4.69, 9.17) is 0 Å². The lowest BCUT2D eigenvalue weighted by Gasteiger charge is -2.53. The van der Waals surface area contributed by atoms with Gasteiger partial charge in [-0.15, -0.1) is 0 Å². The number of nitrogens with zero attached hydrogens (tertiary/aromatic N) is 6. The second kappa shape index (κ2) is 7.48. The Morgan fingerprint density at radius 1 is 1.17 bits per heavy atom. The van der Waals surface area contributed by atoms with Crippen LogP contribution >= 0.6 is 0 Å². The van der Waals surface area contributed by atoms with Crippen molar-refractivity contribution in [3.63, 3.8) is 0 Å². The third-order valence-electron chi connectivity index (χ3n) is 5.31. The van der Waals surface area contributed by atoms with E-state index < -0.39 is 0 Å². The van der Waals surface area contributed by atoms with Crippen molar-refractivity contribution in [2.45, 2.75) is 79.2 Å². The molecule has 0 aromatic carbocycles. The highest BCUT2D eigenvalue weighted by atomic mass is 15.6. The second-order valence-corrected chi connectivity index (χ2v) is 7.63. The van der Waals surface area contributed by atoms with Crippen LogP contribution in [-0.2, 0) is 5.54 Å². The van der Waals surface area contributed by atoms with Crippen LogP contribution in [0.4, 0.5) is 5.95 Å². The summed E-state index contributed by atoms with van der Waals surface area (Å²) in [5.74, 6) is 0.998. The van der Waals surface area contributed by atoms with Gasteiger partial charge in [-0.3, -0.25) is 0 Å². The van der Waals surface area contributed by atoms with Crippen LogP contribution in [0.25, 0.3) is 0 Å². The van der Waals surface area contributed by atoms with Crippen LogP contribution < -0.4 is 4.81 Å². The molecule has 0 radical (unpaired) electrons. The van der Waals surface area contributed by atoms with E-state index in [0.29, 0.717) is 20.1 Å². The van der Waals surface area contributed by atoms with Crippen molar-refractivity contribution >= 4 is 19.9 Å². The van der Waals surface area contributed by atoms with Crippen molar-refractivity contribution in [2.75, 3.05) is 18.4 Å². The molecular weight excluding hydrogens is 298 g/mol. The van der Waals surface area contributed by atoms with Gasteiger partial charge in [-0.25, -0.2) is 9.67 Å². The van der Waals surface area contributed by atoms with Crippen LogP contribution in [0.15, 0.2) is 6.33 Å². The van der Waals surface area contributed by atoms with Crippen molar-refractivity contribution in [1.29, 1.82) is 0 Å². The summed E-state index contributed by atoms with van der Waals surface area (Å²) in [6, 6.07) is 0. The molecule has 2 aliphatic rings. The van der Waals surface area contributed by atoms with Crippen LogP contribution in [-0.4, -0.2) is 58.0 Å². The van der Waals surface area contributed by atoms with E-state index >= 15 is 0 Å². The maximum atomic E-state index is 4.53. The van der Waals surface area contributed by atoms with Gasteiger partial charge >= 0.3 is 6.98 Å². The molecule has 0 spiro atoms. The van der Waals surface area contributed by atoms with Crippen LogP contribution in [0.1, 0.15) is 53.9 Å². The number of unbranched alkanes of at least 4 members (excludes halogenated alkanes) is 1. The Kier molecular flexibility index (Phi) is 6.02. The Morgan fingerprint density at radius 3 is 2.38 bits per heavy atom.